The second kappa shape index (κ2) is 8.86. The van der Waals surface area contributed by atoms with E-state index in [4.69, 9.17) is 0 Å². The molecular weight excluding hydrogens is 372 g/mol. The first kappa shape index (κ1) is 20.4. The topological polar surface area (TPSA) is 49.4 Å². The summed E-state index contributed by atoms with van der Waals surface area (Å²) in [7, 11) is 0. The summed E-state index contributed by atoms with van der Waals surface area (Å²) >= 11 is 0. The summed E-state index contributed by atoms with van der Waals surface area (Å²) in [6.45, 7) is 4.28. The van der Waals surface area contributed by atoms with E-state index in [1.54, 1.807) is 0 Å². The molecule has 0 aromatic heterocycles. The fourth-order valence-electron chi connectivity index (χ4n) is 5.08. The number of carbonyl (C=O) groups excluding carboxylic acids is 2. The fourth-order valence-corrected chi connectivity index (χ4v) is 5.08. The Hall–Kier alpha value is -2.88. The number of rotatable bonds is 2. The molecule has 0 unspecified atom stereocenters. The molecule has 2 aromatic rings. The minimum Gasteiger partial charge on any atom is -0.349 e. The monoisotopic (exact) mass is 402 g/mol. The lowest BCUT2D eigenvalue weighted by atomic mass is 9.93. The van der Waals surface area contributed by atoms with Gasteiger partial charge in [-0.15, -0.1) is 0 Å². The lowest BCUT2D eigenvalue weighted by Crippen LogP contribution is -2.41. The number of nitrogens with one attached hydrogen (secondary N) is 1. The highest BCUT2D eigenvalue weighted by Crippen LogP contribution is 2.42. The molecule has 30 heavy (non-hydrogen) atoms. The summed E-state index contributed by atoms with van der Waals surface area (Å²) in [5, 5.41) is 3.25. The van der Waals surface area contributed by atoms with Crippen LogP contribution in [0.15, 0.2) is 72.8 Å². The molecule has 1 saturated heterocycles. The molecule has 4 rings (SSSR count). The van der Waals surface area contributed by atoms with Crippen LogP contribution in [-0.2, 0) is 9.59 Å². The van der Waals surface area contributed by atoms with Gasteiger partial charge in [-0.1, -0.05) is 86.7 Å². The molecule has 5 atom stereocenters. The van der Waals surface area contributed by atoms with E-state index in [-0.39, 0.29) is 35.9 Å². The van der Waals surface area contributed by atoms with E-state index < -0.39 is 0 Å². The van der Waals surface area contributed by atoms with Crippen LogP contribution < -0.4 is 5.32 Å². The third-order valence-electron chi connectivity index (χ3n) is 6.46. The average molecular weight is 403 g/mol. The maximum atomic E-state index is 13.3. The van der Waals surface area contributed by atoms with Crippen LogP contribution in [0.1, 0.15) is 56.3 Å². The fraction of sp³-hybridized carbons (Fsp3) is 0.385. The summed E-state index contributed by atoms with van der Waals surface area (Å²) < 4.78 is 0. The third kappa shape index (κ3) is 4.18. The Morgan fingerprint density at radius 1 is 0.900 bits per heavy atom. The van der Waals surface area contributed by atoms with Crippen LogP contribution in [-0.4, -0.2) is 22.8 Å². The predicted octanol–water partition coefficient (Wildman–Crippen LogP) is 4.81. The van der Waals surface area contributed by atoms with E-state index in [1.807, 2.05) is 47.4 Å². The van der Waals surface area contributed by atoms with Gasteiger partial charge >= 0.3 is 0 Å². The van der Waals surface area contributed by atoms with Crippen molar-refractivity contribution in [3.8, 4) is 0 Å². The Morgan fingerprint density at radius 2 is 1.53 bits per heavy atom. The van der Waals surface area contributed by atoms with E-state index in [0.29, 0.717) is 18.8 Å². The highest BCUT2D eigenvalue weighted by Gasteiger charge is 2.43. The van der Waals surface area contributed by atoms with E-state index in [9.17, 15) is 9.59 Å². The van der Waals surface area contributed by atoms with Crippen LogP contribution in [0.5, 0.6) is 0 Å². The molecule has 0 spiro atoms. The molecule has 1 N–H and O–H groups in total. The highest BCUT2D eigenvalue weighted by molar-refractivity contribution is 5.82. The Kier molecular flexibility index (Phi) is 6.03. The van der Waals surface area contributed by atoms with Crippen molar-refractivity contribution in [1.82, 2.24) is 10.2 Å². The van der Waals surface area contributed by atoms with Crippen molar-refractivity contribution in [1.29, 1.82) is 0 Å². The SMILES string of the molecule is C[C@@H]1/C=C/CC(=O)N2[C@H](CC(=O)N[C@@H]1c1ccccc1)C[C@@H](C)[C@H]2c1ccccc1. The van der Waals surface area contributed by atoms with Gasteiger partial charge in [-0.05, 0) is 29.4 Å². The first-order valence-electron chi connectivity index (χ1n) is 10.9. The summed E-state index contributed by atoms with van der Waals surface area (Å²) in [6.07, 6.45) is 5.59. The maximum Gasteiger partial charge on any atom is 0.227 e. The molecule has 156 valence electrons. The van der Waals surface area contributed by atoms with Crippen LogP contribution in [0.3, 0.4) is 0 Å². The first-order valence-corrected chi connectivity index (χ1v) is 10.9. The molecule has 1 fully saturated rings. The Morgan fingerprint density at radius 3 is 2.20 bits per heavy atom. The average Bonchev–Trinajstić information content (AvgIpc) is 3.07. The molecule has 0 aliphatic carbocycles. The van der Waals surface area contributed by atoms with Gasteiger partial charge in [0.1, 0.15) is 0 Å². The zero-order valence-corrected chi connectivity index (χ0v) is 17.7. The van der Waals surface area contributed by atoms with E-state index in [0.717, 1.165) is 17.5 Å². The van der Waals surface area contributed by atoms with Crippen LogP contribution >= 0.6 is 0 Å². The summed E-state index contributed by atoms with van der Waals surface area (Å²) in [4.78, 5) is 28.3. The van der Waals surface area contributed by atoms with Gasteiger partial charge in [0, 0.05) is 18.9 Å². The first-order chi connectivity index (χ1) is 14.5. The normalized spacial score (nSPS) is 30.9. The molecule has 2 aliphatic rings. The van der Waals surface area contributed by atoms with Crippen LogP contribution in [0.4, 0.5) is 0 Å². The van der Waals surface area contributed by atoms with Crippen molar-refractivity contribution in [3.63, 3.8) is 0 Å². The lowest BCUT2D eigenvalue weighted by Gasteiger charge is -2.31. The largest absolute Gasteiger partial charge is 0.349 e. The number of hydrogen-bond acceptors (Lipinski definition) is 2. The van der Waals surface area contributed by atoms with Gasteiger partial charge in [-0.3, -0.25) is 9.59 Å². The second-order valence-electron chi connectivity index (χ2n) is 8.67. The predicted molar refractivity (Wildman–Crippen MR) is 118 cm³/mol. The highest BCUT2D eigenvalue weighted by atomic mass is 16.2. The Bertz CT molecular complexity index is 909. The van der Waals surface area contributed by atoms with Crippen molar-refractivity contribution in [2.24, 2.45) is 11.8 Å². The number of fused-ring (bicyclic) bond motifs is 1. The van der Waals surface area contributed by atoms with Crippen LogP contribution in [0.2, 0.25) is 0 Å². The van der Waals surface area contributed by atoms with Crippen LogP contribution in [0, 0.1) is 11.8 Å². The van der Waals surface area contributed by atoms with E-state index >= 15 is 0 Å². The van der Waals surface area contributed by atoms with Gasteiger partial charge in [0.2, 0.25) is 11.8 Å². The van der Waals surface area contributed by atoms with Crippen LogP contribution in [0.25, 0.3) is 0 Å². The Labute approximate surface area is 179 Å². The summed E-state index contributed by atoms with van der Waals surface area (Å²) in [6, 6.07) is 20.1. The molecule has 4 nitrogen and oxygen atoms in total. The quantitative estimate of drug-likeness (QED) is 0.733. The minimum absolute atomic E-state index is 0.00900. The molecule has 2 heterocycles. The maximum absolute atomic E-state index is 13.3. The smallest absolute Gasteiger partial charge is 0.227 e. The van der Waals surface area contributed by atoms with E-state index in [2.05, 4.69) is 49.5 Å². The standard InChI is InChI=1S/C26H30N2O2/c1-18-10-9-15-24(30)28-22(16-19(2)26(28)21-13-7-4-8-14-21)17-23(29)27-25(18)20-11-5-3-6-12-20/h3-14,18-19,22,25-26H,15-17H2,1-2H3,(H,27,29)/b10-9+/t18-,19-,22+,25+,26+/m1/s1. The zero-order chi connectivity index (χ0) is 21.1. The van der Waals surface area contributed by atoms with Gasteiger partial charge in [0.05, 0.1) is 12.1 Å². The number of nitrogens with zero attached hydrogens (tertiary/aromatic N) is 1. The van der Waals surface area contributed by atoms with Gasteiger partial charge in [-0.2, -0.15) is 0 Å². The van der Waals surface area contributed by atoms with Crippen molar-refractivity contribution in [2.45, 2.75) is 51.2 Å². The summed E-state index contributed by atoms with van der Waals surface area (Å²) in [5.74, 6) is 0.521. The molecule has 2 amide bonds. The molecular formula is C26H30N2O2. The number of carbonyl (C=O) groups is 2. The van der Waals surface area contributed by atoms with E-state index in [1.165, 1.54) is 0 Å². The summed E-state index contributed by atoms with van der Waals surface area (Å²) in [5.41, 5.74) is 2.24. The Balaban J connectivity index is 1.64. The molecule has 4 heteroatoms. The number of amides is 2. The van der Waals surface area contributed by atoms with Gasteiger partial charge < -0.3 is 10.2 Å². The van der Waals surface area contributed by atoms with Crippen molar-refractivity contribution in [3.05, 3.63) is 83.9 Å². The molecule has 0 radical (unpaired) electrons. The zero-order valence-electron chi connectivity index (χ0n) is 17.7. The van der Waals surface area contributed by atoms with Gasteiger partial charge in [0.25, 0.3) is 0 Å². The molecule has 0 saturated carbocycles. The van der Waals surface area contributed by atoms with Crippen molar-refractivity contribution in [2.75, 3.05) is 0 Å². The van der Waals surface area contributed by atoms with Crippen molar-refractivity contribution >= 4 is 11.8 Å². The third-order valence-corrected chi connectivity index (χ3v) is 6.46. The number of hydrogen-bond donors (Lipinski definition) is 1. The number of benzene rings is 2. The van der Waals surface area contributed by atoms with Gasteiger partial charge in [-0.25, -0.2) is 0 Å². The van der Waals surface area contributed by atoms with Crippen molar-refractivity contribution < 1.29 is 9.59 Å². The molecule has 0 bridgehead atoms. The molecule has 2 aromatic carbocycles. The van der Waals surface area contributed by atoms with Gasteiger partial charge in [0.15, 0.2) is 0 Å². The lowest BCUT2D eigenvalue weighted by molar-refractivity contribution is -0.134. The second-order valence-corrected chi connectivity index (χ2v) is 8.67. The minimum atomic E-state index is -0.0969. The molecule has 2 aliphatic heterocycles.